The fourth-order valence-electron chi connectivity index (χ4n) is 2.18. The molecule has 1 aliphatic rings. The second-order valence-corrected chi connectivity index (χ2v) is 4.43. The quantitative estimate of drug-likeness (QED) is 0.728. The highest BCUT2D eigenvalue weighted by Crippen LogP contribution is 2.29. The average Bonchev–Trinajstić information content (AvgIpc) is 2.87. The molecule has 0 radical (unpaired) electrons. The van der Waals surface area contributed by atoms with Crippen LogP contribution in [0.2, 0.25) is 0 Å². The van der Waals surface area contributed by atoms with Gasteiger partial charge in [-0.15, -0.1) is 5.10 Å². The molecule has 1 heterocycles. The number of aromatic nitrogens is 3. The lowest BCUT2D eigenvalue weighted by molar-refractivity contribution is 0.129. The molecule has 1 aromatic rings. The van der Waals surface area contributed by atoms with Gasteiger partial charge in [0.05, 0.1) is 24.0 Å². The maximum atomic E-state index is 9.76. The van der Waals surface area contributed by atoms with Gasteiger partial charge >= 0.3 is 0 Å². The van der Waals surface area contributed by atoms with Crippen molar-refractivity contribution in [1.82, 2.24) is 20.3 Å². The van der Waals surface area contributed by atoms with Crippen LogP contribution in [0, 0.1) is 0 Å². The van der Waals surface area contributed by atoms with E-state index in [2.05, 4.69) is 22.6 Å². The molecule has 0 bridgehead atoms. The number of hydrogen-bond acceptors (Lipinski definition) is 4. The van der Waals surface area contributed by atoms with Crippen molar-refractivity contribution in [2.45, 2.75) is 51.3 Å². The first-order chi connectivity index (χ1) is 7.81. The van der Waals surface area contributed by atoms with Crippen molar-refractivity contribution in [1.29, 1.82) is 0 Å². The molecule has 1 aliphatic carbocycles. The molecule has 0 saturated heterocycles. The van der Waals surface area contributed by atoms with Crippen molar-refractivity contribution in [3.63, 3.8) is 0 Å². The number of aliphatic hydroxyl groups is 1. The van der Waals surface area contributed by atoms with Crippen LogP contribution < -0.4 is 5.32 Å². The van der Waals surface area contributed by atoms with Crippen molar-refractivity contribution in [2.24, 2.45) is 0 Å². The van der Waals surface area contributed by atoms with E-state index >= 15 is 0 Å². The Morgan fingerprint density at radius 1 is 1.56 bits per heavy atom. The smallest absolute Gasteiger partial charge is 0.0964 e. The van der Waals surface area contributed by atoms with Crippen molar-refractivity contribution in [3.8, 4) is 0 Å². The number of rotatable bonds is 5. The summed E-state index contributed by atoms with van der Waals surface area (Å²) in [6, 6.07) is 0.132. The Morgan fingerprint density at radius 2 is 2.44 bits per heavy atom. The van der Waals surface area contributed by atoms with Crippen LogP contribution in [0.1, 0.15) is 44.3 Å². The third-order valence-corrected chi connectivity index (χ3v) is 3.07. The van der Waals surface area contributed by atoms with E-state index in [1.165, 1.54) is 0 Å². The fraction of sp³-hybridized carbons (Fsp3) is 0.818. The molecule has 2 rings (SSSR count). The zero-order valence-corrected chi connectivity index (χ0v) is 9.76. The van der Waals surface area contributed by atoms with Crippen molar-refractivity contribution in [3.05, 3.63) is 11.9 Å². The third kappa shape index (κ3) is 2.59. The second kappa shape index (κ2) is 5.41. The van der Waals surface area contributed by atoms with Gasteiger partial charge in [-0.1, -0.05) is 12.1 Å². The van der Waals surface area contributed by atoms with Gasteiger partial charge in [-0.25, -0.2) is 4.68 Å². The Hall–Kier alpha value is -0.940. The molecular weight excluding hydrogens is 204 g/mol. The van der Waals surface area contributed by atoms with Gasteiger partial charge < -0.3 is 10.4 Å². The normalized spacial score (nSPS) is 25.1. The lowest BCUT2D eigenvalue weighted by Gasteiger charge is -2.13. The van der Waals surface area contributed by atoms with Gasteiger partial charge in [0, 0.05) is 6.54 Å². The minimum atomic E-state index is -0.252. The lowest BCUT2D eigenvalue weighted by Crippen LogP contribution is -2.18. The second-order valence-electron chi connectivity index (χ2n) is 4.43. The van der Waals surface area contributed by atoms with Crippen LogP contribution in [-0.2, 0) is 6.54 Å². The summed E-state index contributed by atoms with van der Waals surface area (Å²) >= 11 is 0. The van der Waals surface area contributed by atoms with Crippen LogP contribution >= 0.6 is 0 Å². The predicted molar refractivity (Wildman–Crippen MR) is 60.9 cm³/mol. The molecule has 1 fully saturated rings. The topological polar surface area (TPSA) is 63.0 Å². The van der Waals surface area contributed by atoms with Gasteiger partial charge in [0.2, 0.25) is 0 Å². The molecule has 0 spiro atoms. The largest absolute Gasteiger partial charge is 0.391 e. The van der Waals surface area contributed by atoms with E-state index in [0.29, 0.717) is 0 Å². The molecule has 0 aliphatic heterocycles. The van der Waals surface area contributed by atoms with E-state index in [1.807, 2.05) is 10.9 Å². The van der Waals surface area contributed by atoms with Crippen molar-refractivity contribution < 1.29 is 5.11 Å². The summed E-state index contributed by atoms with van der Waals surface area (Å²) < 4.78 is 1.82. The maximum Gasteiger partial charge on any atom is 0.0964 e. The van der Waals surface area contributed by atoms with Crippen LogP contribution in [0.15, 0.2) is 6.20 Å². The summed E-state index contributed by atoms with van der Waals surface area (Å²) in [5.74, 6) is 0. The van der Waals surface area contributed by atoms with Crippen LogP contribution in [0.25, 0.3) is 0 Å². The summed E-state index contributed by atoms with van der Waals surface area (Å²) in [4.78, 5) is 0. The molecule has 2 unspecified atom stereocenters. The maximum absolute atomic E-state index is 9.76. The minimum absolute atomic E-state index is 0.132. The van der Waals surface area contributed by atoms with Crippen molar-refractivity contribution in [2.75, 3.05) is 6.54 Å². The van der Waals surface area contributed by atoms with Gasteiger partial charge in [-0.2, -0.15) is 0 Å². The standard InChI is InChI=1S/C11H20N4O/c1-2-6-12-7-9-8-15(14-13-9)10-4-3-5-11(10)16/h8,10-12,16H,2-7H2,1H3. The van der Waals surface area contributed by atoms with Gasteiger partial charge in [0.25, 0.3) is 0 Å². The molecule has 2 N–H and O–H groups in total. The predicted octanol–water partition coefficient (Wildman–Crippen LogP) is 0.864. The van der Waals surface area contributed by atoms with E-state index in [1.54, 1.807) is 0 Å². The zero-order valence-electron chi connectivity index (χ0n) is 9.76. The van der Waals surface area contributed by atoms with E-state index < -0.39 is 0 Å². The van der Waals surface area contributed by atoms with E-state index in [-0.39, 0.29) is 12.1 Å². The van der Waals surface area contributed by atoms with Gasteiger partial charge in [-0.05, 0) is 32.2 Å². The summed E-state index contributed by atoms with van der Waals surface area (Å²) in [7, 11) is 0. The first kappa shape index (κ1) is 11.5. The van der Waals surface area contributed by atoms with Crippen LogP contribution in [-0.4, -0.2) is 32.7 Å². The molecule has 1 aromatic heterocycles. The summed E-state index contributed by atoms with van der Waals surface area (Å²) in [5.41, 5.74) is 0.951. The van der Waals surface area contributed by atoms with E-state index in [0.717, 1.165) is 44.5 Å². The molecular formula is C11H20N4O. The summed E-state index contributed by atoms with van der Waals surface area (Å²) in [6.45, 7) is 3.90. The molecule has 16 heavy (non-hydrogen) atoms. The highest BCUT2D eigenvalue weighted by molar-refractivity contribution is 4.95. The number of aliphatic hydroxyl groups excluding tert-OH is 1. The van der Waals surface area contributed by atoms with E-state index in [9.17, 15) is 5.11 Å². The summed E-state index contributed by atoms with van der Waals surface area (Å²) in [6.07, 6.45) is 5.78. The molecule has 0 amide bonds. The highest BCUT2D eigenvalue weighted by atomic mass is 16.3. The Kier molecular flexibility index (Phi) is 3.90. The van der Waals surface area contributed by atoms with Crippen LogP contribution in [0.5, 0.6) is 0 Å². The van der Waals surface area contributed by atoms with Crippen LogP contribution in [0.4, 0.5) is 0 Å². The fourth-order valence-corrected chi connectivity index (χ4v) is 2.18. The molecule has 2 atom stereocenters. The number of hydrogen-bond donors (Lipinski definition) is 2. The Bertz CT molecular complexity index is 326. The Labute approximate surface area is 95.8 Å². The first-order valence-corrected chi connectivity index (χ1v) is 6.10. The van der Waals surface area contributed by atoms with Gasteiger partial charge in [0.15, 0.2) is 0 Å². The average molecular weight is 224 g/mol. The zero-order chi connectivity index (χ0) is 11.4. The molecule has 5 nitrogen and oxygen atoms in total. The van der Waals surface area contributed by atoms with Crippen LogP contribution in [0.3, 0.4) is 0 Å². The molecule has 90 valence electrons. The lowest BCUT2D eigenvalue weighted by atomic mass is 10.2. The summed E-state index contributed by atoms with van der Waals surface area (Å²) in [5, 5.41) is 21.3. The molecule has 5 heteroatoms. The monoisotopic (exact) mass is 224 g/mol. The highest BCUT2D eigenvalue weighted by Gasteiger charge is 2.27. The molecule has 1 saturated carbocycles. The SMILES string of the molecule is CCCNCc1cn(C2CCCC2O)nn1. The Balaban J connectivity index is 1.91. The Morgan fingerprint density at radius 3 is 3.12 bits per heavy atom. The van der Waals surface area contributed by atoms with E-state index in [4.69, 9.17) is 0 Å². The molecule has 0 aromatic carbocycles. The first-order valence-electron chi connectivity index (χ1n) is 6.10. The third-order valence-electron chi connectivity index (χ3n) is 3.07. The van der Waals surface area contributed by atoms with Crippen molar-refractivity contribution >= 4 is 0 Å². The van der Waals surface area contributed by atoms with Gasteiger partial charge in [-0.3, -0.25) is 0 Å². The van der Waals surface area contributed by atoms with Gasteiger partial charge in [0.1, 0.15) is 0 Å². The minimum Gasteiger partial charge on any atom is -0.391 e. The number of nitrogens with one attached hydrogen (secondary N) is 1. The number of nitrogens with zero attached hydrogens (tertiary/aromatic N) is 3.